The van der Waals surface area contributed by atoms with Crippen LogP contribution in [0.15, 0.2) is 22.7 Å². The van der Waals surface area contributed by atoms with Gasteiger partial charge < -0.3 is 20.3 Å². The van der Waals surface area contributed by atoms with E-state index in [4.69, 9.17) is 4.74 Å². The Morgan fingerprint density at radius 2 is 2.04 bits per heavy atom. The van der Waals surface area contributed by atoms with Gasteiger partial charge in [0.25, 0.3) is 0 Å². The summed E-state index contributed by atoms with van der Waals surface area (Å²) < 4.78 is 6.69. The maximum absolute atomic E-state index is 12.4. The van der Waals surface area contributed by atoms with Crippen LogP contribution in [0.5, 0.6) is 5.75 Å². The number of likely N-dealkylation sites (tertiary alicyclic amines) is 1. The average molecular weight is 410 g/mol. The van der Waals surface area contributed by atoms with Crippen LogP contribution in [0.25, 0.3) is 0 Å². The number of urea groups is 1. The molecule has 0 saturated carbocycles. The number of ether oxygens (including phenoxy) is 1. The van der Waals surface area contributed by atoms with Gasteiger partial charge in [-0.2, -0.15) is 0 Å². The topological polar surface area (TPSA) is 53.6 Å². The van der Waals surface area contributed by atoms with E-state index in [1.807, 2.05) is 18.2 Å². The number of hydrogen-bond acceptors (Lipinski definition) is 3. The van der Waals surface area contributed by atoms with E-state index in [-0.39, 0.29) is 18.1 Å². The molecule has 2 aliphatic heterocycles. The van der Waals surface area contributed by atoms with Gasteiger partial charge in [-0.25, -0.2) is 4.79 Å². The molecule has 2 amide bonds. The van der Waals surface area contributed by atoms with E-state index in [0.717, 1.165) is 54.7 Å². The minimum absolute atomic E-state index is 0.00211. The van der Waals surface area contributed by atoms with Crippen LogP contribution in [-0.2, 0) is 0 Å². The van der Waals surface area contributed by atoms with Crippen LogP contribution in [0, 0.1) is 5.92 Å². The zero-order valence-electron chi connectivity index (χ0n) is 15.1. The van der Waals surface area contributed by atoms with Crippen molar-refractivity contribution in [3.63, 3.8) is 0 Å². The van der Waals surface area contributed by atoms with Gasteiger partial charge in [0.1, 0.15) is 5.75 Å². The first kappa shape index (κ1) is 18.5. The summed E-state index contributed by atoms with van der Waals surface area (Å²) in [6.45, 7) is 8.41. The van der Waals surface area contributed by atoms with Crippen LogP contribution in [0.2, 0.25) is 0 Å². The molecule has 0 aromatic heterocycles. The summed E-state index contributed by atoms with van der Waals surface area (Å²) in [6, 6.07) is 6.15. The smallest absolute Gasteiger partial charge is 0.315 e. The summed E-state index contributed by atoms with van der Waals surface area (Å²) in [7, 11) is 0. The maximum atomic E-state index is 12.4. The molecule has 0 bridgehead atoms. The zero-order chi connectivity index (χ0) is 17.8. The molecule has 6 heteroatoms. The molecule has 2 heterocycles. The molecule has 0 radical (unpaired) electrons. The lowest BCUT2D eigenvalue weighted by Crippen LogP contribution is -2.49. The number of carbonyl (C=O) groups is 1. The summed E-state index contributed by atoms with van der Waals surface area (Å²) in [4.78, 5) is 14.9. The van der Waals surface area contributed by atoms with E-state index in [9.17, 15) is 4.79 Å². The highest BCUT2D eigenvalue weighted by Gasteiger charge is 2.25. The van der Waals surface area contributed by atoms with Crippen molar-refractivity contribution < 1.29 is 9.53 Å². The van der Waals surface area contributed by atoms with Gasteiger partial charge in [-0.05, 0) is 37.0 Å². The first-order valence-electron chi connectivity index (χ1n) is 9.23. The van der Waals surface area contributed by atoms with E-state index in [1.54, 1.807) is 0 Å². The number of benzene rings is 1. The van der Waals surface area contributed by atoms with Crippen LogP contribution in [0.4, 0.5) is 4.79 Å². The normalized spacial score (nSPS) is 21.5. The minimum Gasteiger partial charge on any atom is -0.493 e. The second kappa shape index (κ2) is 8.41. The summed E-state index contributed by atoms with van der Waals surface area (Å²) in [5.74, 6) is 1.56. The molecule has 0 aliphatic carbocycles. The molecule has 1 aromatic rings. The van der Waals surface area contributed by atoms with Gasteiger partial charge in [-0.3, -0.25) is 0 Å². The number of carbonyl (C=O) groups excluding carboxylic acids is 1. The minimum atomic E-state index is -0.0693. The van der Waals surface area contributed by atoms with E-state index < -0.39 is 0 Å². The highest BCUT2D eigenvalue weighted by atomic mass is 79.9. The molecular weight excluding hydrogens is 382 g/mol. The molecule has 5 nitrogen and oxygen atoms in total. The van der Waals surface area contributed by atoms with Crippen LogP contribution in [0.1, 0.15) is 44.7 Å². The highest BCUT2D eigenvalue weighted by Crippen LogP contribution is 2.34. The lowest BCUT2D eigenvalue weighted by molar-refractivity contribution is 0.176. The van der Waals surface area contributed by atoms with E-state index in [0.29, 0.717) is 12.5 Å². The van der Waals surface area contributed by atoms with Crippen molar-refractivity contribution in [2.45, 2.75) is 45.2 Å². The molecule has 0 unspecified atom stereocenters. The third-order valence-electron chi connectivity index (χ3n) is 4.86. The molecule has 1 fully saturated rings. The summed E-state index contributed by atoms with van der Waals surface area (Å²) in [6.07, 6.45) is 2.84. The van der Waals surface area contributed by atoms with Crippen molar-refractivity contribution in [1.82, 2.24) is 15.5 Å². The van der Waals surface area contributed by atoms with Crippen LogP contribution >= 0.6 is 15.9 Å². The molecular formula is C19H28BrN3O2. The summed E-state index contributed by atoms with van der Waals surface area (Å²) in [5, 5.41) is 6.28. The molecule has 25 heavy (non-hydrogen) atoms. The predicted molar refractivity (Wildman–Crippen MR) is 103 cm³/mol. The van der Waals surface area contributed by atoms with E-state index in [2.05, 4.69) is 45.3 Å². The van der Waals surface area contributed by atoms with Gasteiger partial charge in [0.2, 0.25) is 0 Å². The standard InChI is InChI=1S/C19H28BrN3O2/c1-13(2)12-23-8-5-15(6-9-23)21-19(24)22-17-7-10-25-18-4-3-14(20)11-16(17)18/h3-4,11,13,15,17H,5-10,12H2,1-2H3,(H2,21,22,24)/t17-/m1/s1. The number of hydrogen-bond donors (Lipinski definition) is 2. The fourth-order valence-corrected chi connectivity index (χ4v) is 4.06. The second-order valence-corrected chi connectivity index (χ2v) is 8.37. The average Bonchev–Trinajstić information content (AvgIpc) is 2.57. The molecule has 0 spiro atoms. The monoisotopic (exact) mass is 409 g/mol. The third-order valence-corrected chi connectivity index (χ3v) is 5.36. The Kier molecular flexibility index (Phi) is 6.23. The molecule has 1 atom stereocenters. The van der Waals surface area contributed by atoms with E-state index in [1.165, 1.54) is 0 Å². The highest BCUT2D eigenvalue weighted by molar-refractivity contribution is 9.10. The van der Waals surface area contributed by atoms with Crippen molar-refractivity contribution in [2.75, 3.05) is 26.2 Å². The molecule has 3 rings (SSSR count). The van der Waals surface area contributed by atoms with Crippen LogP contribution < -0.4 is 15.4 Å². The summed E-state index contributed by atoms with van der Waals surface area (Å²) in [5.41, 5.74) is 1.04. The number of amides is 2. The van der Waals surface area contributed by atoms with Gasteiger partial charge in [0, 0.05) is 42.1 Å². The molecule has 1 saturated heterocycles. The van der Waals surface area contributed by atoms with Gasteiger partial charge in [0.15, 0.2) is 0 Å². The number of rotatable bonds is 4. The number of fused-ring (bicyclic) bond motifs is 1. The van der Waals surface area contributed by atoms with Crippen molar-refractivity contribution in [1.29, 1.82) is 0 Å². The van der Waals surface area contributed by atoms with Gasteiger partial charge in [-0.1, -0.05) is 29.8 Å². The fourth-order valence-electron chi connectivity index (χ4n) is 3.68. The zero-order valence-corrected chi connectivity index (χ0v) is 16.6. The third kappa shape index (κ3) is 5.11. The molecule has 2 N–H and O–H groups in total. The maximum Gasteiger partial charge on any atom is 0.315 e. The quantitative estimate of drug-likeness (QED) is 0.796. The Hall–Kier alpha value is -1.27. The lowest BCUT2D eigenvalue weighted by Gasteiger charge is -2.34. The number of halogens is 1. The largest absolute Gasteiger partial charge is 0.493 e. The van der Waals surface area contributed by atoms with Gasteiger partial charge in [-0.15, -0.1) is 0 Å². The number of nitrogens with one attached hydrogen (secondary N) is 2. The fraction of sp³-hybridized carbons (Fsp3) is 0.632. The first-order chi connectivity index (χ1) is 12.0. The van der Waals surface area contributed by atoms with Crippen molar-refractivity contribution in [3.8, 4) is 5.75 Å². The molecule has 1 aromatic carbocycles. The molecule has 138 valence electrons. The van der Waals surface area contributed by atoms with E-state index >= 15 is 0 Å². The lowest BCUT2D eigenvalue weighted by atomic mass is 10.0. The van der Waals surface area contributed by atoms with Crippen molar-refractivity contribution >= 4 is 22.0 Å². The van der Waals surface area contributed by atoms with Crippen molar-refractivity contribution in [3.05, 3.63) is 28.2 Å². The van der Waals surface area contributed by atoms with Crippen LogP contribution in [0.3, 0.4) is 0 Å². The number of piperidine rings is 1. The van der Waals surface area contributed by atoms with Crippen LogP contribution in [-0.4, -0.2) is 43.2 Å². The van der Waals surface area contributed by atoms with Gasteiger partial charge >= 0.3 is 6.03 Å². The Balaban J connectivity index is 1.50. The summed E-state index contributed by atoms with van der Waals surface area (Å²) >= 11 is 3.50. The Morgan fingerprint density at radius 3 is 2.76 bits per heavy atom. The Labute approximate surface area is 158 Å². The SMILES string of the molecule is CC(C)CN1CCC(NC(=O)N[C@@H]2CCOc3ccc(Br)cc32)CC1. The van der Waals surface area contributed by atoms with Gasteiger partial charge in [0.05, 0.1) is 12.6 Å². The first-order valence-corrected chi connectivity index (χ1v) is 10.0. The second-order valence-electron chi connectivity index (χ2n) is 7.46. The number of nitrogens with zero attached hydrogens (tertiary/aromatic N) is 1. The molecule has 2 aliphatic rings. The predicted octanol–water partition coefficient (Wildman–Crippen LogP) is 3.69. The Morgan fingerprint density at radius 1 is 1.28 bits per heavy atom. The van der Waals surface area contributed by atoms with Crippen molar-refractivity contribution in [2.24, 2.45) is 5.92 Å². The Bertz CT molecular complexity index is 600.